The molecular formula is C49H37N3S. The third-order valence-corrected chi connectivity index (χ3v) is 11.4. The van der Waals surface area contributed by atoms with Gasteiger partial charge in [0.05, 0.1) is 0 Å². The zero-order chi connectivity index (χ0) is 35.9. The fraction of sp³-hybridized carbons (Fsp3) is 0.0816. The van der Waals surface area contributed by atoms with E-state index in [1.807, 2.05) is 30.0 Å². The highest BCUT2D eigenvalue weighted by Gasteiger charge is 2.35. The van der Waals surface area contributed by atoms with Crippen LogP contribution in [0.1, 0.15) is 30.5 Å². The Bertz CT molecular complexity index is 2600. The lowest BCUT2D eigenvalue weighted by atomic mass is 9.82. The van der Waals surface area contributed by atoms with Gasteiger partial charge in [0.2, 0.25) is 0 Å². The summed E-state index contributed by atoms with van der Waals surface area (Å²) >= 11 is 1.84. The van der Waals surface area contributed by atoms with Gasteiger partial charge in [-0.2, -0.15) is 0 Å². The van der Waals surface area contributed by atoms with Gasteiger partial charge < -0.3 is 0 Å². The van der Waals surface area contributed by atoms with Gasteiger partial charge in [0.15, 0.2) is 17.5 Å². The van der Waals surface area contributed by atoms with Crippen LogP contribution in [0.4, 0.5) is 0 Å². The molecule has 0 atom stereocenters. The minimum absolute atomic E-state index is 0.139. The minimum atomic E-state index is -0.139. The second kappa shape index (κ2) is 13.5. The van der Waals surface area contributed by atoms with Crippen LogP contribution in [0.3, 0.4) is 0 Å². The number of rotatable bonds is 5. The van der Waals surface area contributed by atoms with Crippen LogP contribution in [0, 0.1) is 0 Å². The predicted octanol–water partition coefficient (Wildman–Crippen LogP) is 12.7. The fourth-order valence-electron chi connectivity index (χ4n) is 7.60. The summed E-state index contributed by atoms with van der Waals surface area (Å²) < 4.78 is 0. The largest absolute Gasteiger partial charge is 0.208 e. The molecule has 1 aromatic heterocycles. The van der Waals surface area contributed by atoms with Gasteiger partial charge in [-0.1, -0.05) is 160 Å². The Balaban J connectivity index is 1.25. The molecule has 7 aromatic rings. The number of nitrogens with zero attached hydrogens (tertiary/aromatic N) is 3. The number of hydrogen-bond donors (Lipinski definition) is 0. The number of hydrogen-bond acceptors (Lipinski definition) is 4. The van der Waals surface area contributed by atoms with E-state index in [0.29, 0.717) is 17.5 Å². The highest BCUT2D eigenvalue weighted by atomic mass is 32.2. The Morgan fingerprint density at radius 3 is 1.89 bits per heavy atom. The van der Waals surface area contributed by atoms with Crippen LogP contribution in [0.2, 0.25) is 0 Å². The first-order valence-electron chi connectivity index (χ1n) is 18.0. The lowest BCUT2D eigenvalue weighted by Crippen LogP contribution is -2.15. The maximum absolute atomic E-state index is 5.27. The molecule has 1 aliphatic carbocycles. The van der Waals surface area contributed by atoms with Crippen molar-refractivity contribution in [2.45, 2.75) is 24.2 Å². The Kier molecular flexibility index (Phi) is 8.33. The van der Waals surface area contributed by atoms with Crippen molar-refractivity contribution in [1.82, 2.24) is 15.0 Å². The molecule has 53 heavy (non-hydrogen) atoms. The van der Waals surface area contributed by atoms with E-state index in [9.17, 15) is 0 Å². The molecule has 3 nitrogen and oxygen atoms in total. The molecule has 6 aromatic carbocycles. The van der Waals surface area contributed by atoms with Gasteiger partial charge in [0.1, 0.15) is 0 Å². The first kappa shape index (κ1) is 32.8. The zero-order valence-electron chi connectivity index (χ0n) is 29.8. The van der Waals surface area contributed by atoms with Gasteiger partial charge in [-0.15, -0.1) is 11.8 Å². The highest BCUT2D eigenvalue weighted by Crippen LogP contribution is 2.49. The van der Waals surface area contributed by atoms with Crippen molar-refractivity contribution in [1.29, 1.82) is 0 Å². The summed E-state index contributed by atoms with van der Waals surface area (Å²) in [4.78, 5) is 16.8. The Morgan fingerprint density at radius 1 is 0.491 bits per heavy atom. The van der Waals surface area contributed by atoms with E-state index in [0.717, 1.165) is 55.8 Å². The van der Waals surface area contributed by atoms with Gasteiger partial charge in [-0.25, -0.2) is 15.0 Å². The second-order valence-electron chi connectivity index (χ2n) is 14.1. The van der Waals surface area contributed by atoms with E-state index in [-0.39, 0.29) is 5.41 Å². The molecule has 1 aliphatic heterocycles. The molecule has 4 heteroatoms. The van der Waals surface area contributed by atoms with Crippen LogP contribution in [-0.4, -0.2) is 20.7 Å². The number of fused-ring (bicyclic) bond motifs is 4. The van der Waals surface area contributed by atoms with Crippen LogP contribution < -0.4 is 0 Å². The Labute approximate surface area is 315 Å². The quantitative estimate of drug-likeness (QED) is 0.179. The molecule has 254 valence electrons. The fourth-order valence-corrected chi connectivity index (χ4v) is 8.67. The van der Waals surface area contributed by atoms with Crippen LogP contribution in [0.15, 0.2) is 175 Å². The normalized spacial score (nSPS) is 15.3. The van der Waals surface area contributed by atoms with Crippen molar-refractivity contribution >= 4 is 17.3 Å². The van der Waals surface area contributed by atoms with E-state index in [2.05, 4.69) is 166 Å². The number of aromatic nitrogens is 3. The molecule has 2 aliphatic rings. The Morgan fingerprint density at radius 2 is 1.09 bits per heavy atom. The third-order valence-electron chi connectivity index (χ3n) is 10.3. The summed E-state index contributed by atoms with van der Waals surface area (Å²) in [5.41, 5.74) is 14.5. The van der Waals surface area contributed by atoms with Crippen LogP contribution in [-0.2, 0) is 5.41 Å². The molecule has 0 amide bonds. The van der Waals surface area contributed by atoms with E-state index >= 15 is 0 Å². The van der Waals surface area contributed by atoms with E-state index in [1.54, 1.807) is 0 Å². The first-order chi connectivity index (χ1) is 25.9. The molecule has 0 saturated heterocycles. The first-order valence-corrected chi connectivity index (χ1v) is 19.0. The van der Waals surface area contributed by atoms with Gasteiger partial charge in [-0.3, -0.25) is 0 Å². The van der Waals surface area contributed by atoms with Gasteiger partial charge in [0, 0.05) is 32.8 Å². The van der Waals surface area contributed by atoms with Crippen molar-refractivity contribution in [3.8, 4) is 67.5 Å². The summed E-state index contributed by atoms with van der Waals surface area (Å²) in [6.45, 7) is 9.03. The predicted molar refractivity (Wildman–Crippen MR) is 223 cm³/mol. The van der Waals surface area contributed by atoms with Crippen LogP contribution in [0.5, 0.6) is 0 Å². The SMILES string of the molecule is C=C1/C=C\C=C/CSc2c1cccc2-c1cc(-c2ccccc2)cc(-c2nc(-c3ccccc3)nc(-c3ccc4c(c3)C(C)(C)c3ccccc3-4)n2)c1. The van der Waals surface area contributed by atoms with Crippen molar-refractivity contribution in [2.24, 2.45) is 0 Å². The molecule has 0 fully saturated rings. The van der Waals surface area contributed by atoms with Crippen LogP contribution in [0.25, 0.3) is 73.1 Å². The van der Waals surface area contributed by atoms with Crippen molar-refractivity contribution < 1.29 is 0 Å². The molecule has 0 spiro atoms. The standard InChI is InChI=1S/C49H37N3S/c1-32-16-7-6-14-27-53-45-39(32)22-15-23-40(45)37-28-36(33-17-8-4-9-18-33)29-38(30-37)48-51-46(34-19-10-5-11-20-34)50-47(52-48)35-25-26-42-41-21-12-13-24-43(41)49(2,3)44(42)31-35/h4-26,28-31H,1,27H2,2-3H3/b14-6-,16-7-. The smallest absolute Gasteiger partial charge is 0.164 e. The second-order valence-corrected chi connectivity index (χ2v) is 15.1. The number of allylic oxidation sites excluding steroid dienone is 4. The number of thioether (sulfide) groups is 1. The summed E-state index contributed by atoms with van der Waals surface area (Å²) in [6, 6.07) is 49.4. The Hall–Kier alpha value is -6.10. The summed E-state index contributed by atoms with van der Waals surface area (Å²) in [5.74, 6) is 2.80. The van der Waals surface area contributed by atoms with Crippen LogP contribution >= 0.6 is 11.8 Å². The van der Waals surface area contributed by atoms with Gasteiger partial charge in [0.25, 0.3) is 0 Å². The molecule has 0 bridgehead atoms. The highest BCUT2D eigenvalue weighted by molar-refractivity contribution is 7.99. The summed E-state index contributed by atoms with van der Waals surface area (Å²) in [7, 11) is 0. The average Bonchev–Trinajstić information content (AvgIpc) is 3.49. The lowest BCUT2D eigenvalue weighted by Gasteiger charge is -2.21. The molecule has 0 radical (unpaired) electrons. The maximum Gasteiger partial charge on any atom is 0.164 e. The number of benzene rings is 6. The minimum Gasteiger partial charge on any atom is -0.208 e. The van der Waals surface area contributed by atoms with Gasteiger partial charge in [-0.05, 0) is 79.9 Å². The van der Waals surface area contributed by atoms with Crippen molar-refractivity contribution in [3.63, 3.8) is 0 Å². The molecule has 0 unspecified atom stereocenters. The molecule has 0 saturated carbocycles. The molecule has 9 rings (SSSR count). The summed E-state index contributed by atoms with van der Waals surface area (Å²) in [6.07, 6.45) is 8.46. The van der Waals surface area contributed by atoms with E-state index in [4.69, 9.17) is 15.0 Å². The van der Waals surface area contributed by atoms with Gasteiger partial charge >= 0.3 is 0 Å². The lowest BCUT2D eigenvalue weighted by molar-refractivity contribution is 0.660. The molecule has 2 heterocycles. The van der Waals surface area contributed by atoms with E-state index < -0.39 is 0 Å². The average molecular weight is 700 g/mol. The molecule has 0 N–H and O–H groups in total. The van der Waals surface area contributed by atoms with E-state index in [1.165, 1.54) is 27.1 Å². The third kappa shape index (κ3) is 6.05. The molecular weight excluding hydrogens is 663 g/mol. The topological polar surface area (TPSA) is 38.7 Å². The summed E-state index contributed by atoms with van der Waals surface area (Å²) in [5, 5.41) is 0. The maximum atomic E-state index is 5.27. The zero-order valence-corrected chi connectivity index (χ0v) is 30.6. The van der Waals surface area contributed by atoms with Crippen molar-refractivity contribution in [3.05, 3.63) is 187 Å². The van der Waals surface area contributed by atoms with Crippen molar-refractivity contribution in [2.75, 3.05) is 5.75 Å². The monoisotopic (exact) mass is 699 g/mol.